The molecule has 0 saturated heterocycles. The van der Waals surface area contributed by atoms with Crippen molar-refractivity contribution in [1.29, 1.82) is 0 Å². The molecular weight excluding hydrogens is 218 g/mol. The largest absolute Gasteiger partial charge is 0.504 e. The number of nitrogens with zero attached hydrogens (tertiary/aromatic N) is 1. The molecule has 2 aromatic rings. The molecule has 0 saturated carbocycles. The Hall–Kier alpha value is -2.36. The number of ketones is 1. The molecule has 0 aliphatic rings. The zero-order valence-electron chi connectivity index (χ0n) is 9.21. The summed E-state index contributed by atoms with van der Waals surface area (Å²) in [6, 6.07) is 7.80. The van der Waals surface area contributed by atoms with Gasteiger partial charge >= 0.3 is 0 Å². The van der Waals surface area contributed by atoms with Crippen LogP contribution in [-0.4, -0.2) is 21.0 Å². The number of aromatic nitrogens is 1. The second kappa shape index (κ2) is 4.25. The lowest BCUT2D eigenvalue weighted by molar-refractivity contribution is 0.103. The Morgan fingerprint density at radius 2 is 1.94 bits per heavy atom. The predicted molar refractivity (Wildman–Crippen MR) is 62.2 cm³/mol. The van der Waals surface area contributed by atoms with Gasteiger partial charge in [-0.3, -0.25) is 9.78 Å². The molecular formula is C13H11NO3. The molecule has 0 spiro atoms. The van der Waals surface area contributed by atoms with Crippen molar-refractivity contribution in [2.75, 3.05) is 0 Å². The van der Waals surface area contributed by atoms with Crippen molar-refractivity contribution in [2.45, 2.75) is 6.92 Å². The first-order valence-electron chi connectivity index (χ1n) is 5.08. The third-order valence-electron chi connectivity index (χ3n) is 2.55. The van der Waals surface area contributed by atoms with E-state index >= 15 is 0 Å². The van der Waals surface area contributed by atoms with Crippen molar-refractivity contribution >= 4 is 5.78 Å². The van der Waals surface area contributed by atoms with Crippen molar-refractivity contribution in [1.82, 2.24) is 4.98 Å². The summed E-state index contributed by atoms with van der Waals surface area (Å²) in [5, 5.41) is 18.9. The van der Waals surface area contributed by atoms with Crippen LogP contribution in [0.4, 0.5) is 0 Å². The van der Waals surface area contributed by atoms with Crippen LogP contribution in [0, 0.1) is 6.92 Å². The Morgan fingerprint density at radius 1 is 1.18 bits per heavy atom. The van der Waals surface area contributed by atoms with Crippen molar-refractivity contribution in [3.63, 3.8) is 0 Å². The fourth-order valence-electron chi connectivity index (χ4n) is 1.57. The Morgan fingerprint density at radius 3 is 2.59 bits per heavy atom. The quantitative estimate of drug-likeness (QED) is 0.610. The van der Waals surface area contributed by atoms with Gasteiger partial charge < -0.3 is 10.2 Å². The second-order valence-electron chi connectivity index (χ2n) is 3.65. The molecule has 86 valence electrons. The van der Waals surface area contributed by atoms with E-state index in [2.05, 4.69) is 4.98 Å². The van der Waals surface area contributed by atoms with Gasteiger partial charge in [-0.2, -0.15) is 0 Å². The van der Waals surface area contributed by atoms with Crippen molar-refractivity contribution in [3.8, 4) is 11.5 Å². The van der Waals surface area contributed by atoms with E-state index in [1.54, 1.807) is 25.1 Å². The molecule has 0 aliphatic carbocycles. The molecule has 0 aliphatic heterocycles. The molecule has 0 unspecified atom stereocenters. The third kappa shape index (κ3) is 1.97. The summed E-state index contributed by atoms with van der Waals surface area (Å²) in [4.78, 5) is 16.0. The normalized spacial score (nSPS) is 10.2. The minimum absolute atomic E-state index is 0.236. The number of hydrogen-bond donors (Lipinski definition) is 2. The first kappa shape index (κ1) is 11.1. The number of phenols is 2. The fourth-order valence-corrected chi connectivity index (χ4v) is 1.57. The number of pyridine rings is 1. The lowest BCUT2D eigenvalue weighted by atomic mass is 10.0. The lowest BCUT2D eigenvalue weighted by Crippen LogP contribution is -2.05. The standard InChI is InChI=1S/C13H11NO3/c1-8-9(5-6-11(15)12(8)16)13(17)10-4-2-3-7-14-10/h2-7,15-16H,1H3. The van der Waals surface area contributed by atoms with E-state index in [-0.39, 0.29) is 17.3 Å². The topological polar surface area (TPSA) is 70.4 Å². The minimum Gasteiger partial charge on any atom is -0.504 e. The van der Waals surface area contributed by atoms with Crippen LogP contribution in [0.15, 0.2) is 36.5 Å². The number of carbonyl (C=O) groups excluding carboxylic acids is 1. The number of benzene rings is 1. The second-order valence-corrected chi connectivity index (χ2v) is 3.65. The van der Waals surface area contributed by atoms with Gasteiger partial charge in [0.05, 0.1) is 0 Å². The summed E-state index contributed by atoms with van der Waals surface area (Å²) in [5.74, 6) is -0.787. The average Bonchev–Trinajstić information content (AvgIpc) is 2.36. The minimum atomic E-state index is -0.279. The highest BCUT2D eigenvalue weighted by molar-refractivity contribution is 6.09. The molecule has 1 heterocycles. The van der Waals surface area contributed by atoms with Gasteiger partial charge in [-0.1, -0.05) is 6.07 Å². The number of hydrogen-bond acceptors (Lipinski definition) is 4. The fraction of sp³-hybridized carbons (Fsp3) is 0.0769. The van der Waals surface area contributed by atoms with E-state index in [1.807, 2.05) is 0 Å². The average molecular weight is 229 g/mol. The molecule has 17 heavy (non-hydrogen) atoms. The van der Waals surface area contributed by atoms with Gasteiger partial charge in [0, 0.05) is 17.3 Å². The maximum atomic E-state index is 12.1. The smallest absolute Gasteiger partial charge is 0.211 e. The van der Waals surface area contributed by atoms with Gasteiger partial charge in [0.2, 0.25) is 5.78 Å². The molecule has 0 atom stereocenters. The van der Waals surface area contributed by atoms with Crippen LogP contribution < -0.4 is 0 Å². The van der Waals surface area contributed by atoms with E-state index < -0.39 is 0 Å². The van der Waals surface area contributed by atoms with Crippen LogP contribution in [-0.2, 0) is 0 Å². The van der Waals surface area contributed by atoms with Gasteiger partial charge in [-0.05, 0) is 31.2 Å². The van der Waals surface area contributed by atoms with E-state index in [0.29, 0.717) is 16.8 Å². The molecule has 4 heteroatoms. The molecule has 0 radical (unpaired) electrons. The van der Waals surface area contributed by atoms with Gasteiger partial charge in [-0.15, -0.1) is 0 Å². The first-order chi connectivity index (χ1) is 8.11. The number of aromatic hydroxyl groups is 2. The number of carbonyl (C=O) groups is 1. The summed E-state index contributed by atoms with van der Waals surface area (Å²) < 4.78 is 0. The molecule has 2 rings (SSSR count). The van der Waals surface area contributed by atoms with Crippen LogP contribution >= 0.6 is 0 Å². The highest BCUT2D eigenvalue weighted by atomic mass is 16.3. The SMILES string of the molecule is Cc1c(C(=O)c2ccccn2)ccc(O)c1O. The predicted octanol–water partition coefficient (Wildman–Crippen LogP) is 2.03. The summed E-state index contributed by atoms with van der Waals surface area (Å²) in [7, 11) is 0. The van der Waals surface area contributed by atoms with Gasteiger partial charge in [0.15, 0.2) is 11.5 Å². The Labute approximate surface area is 98.2 Å². The van der Waals surface area contributed by atoms with Crippen LogP contribution in [0.5, 0.6) is 11.5 Å². The zero-order chi connectivity index (χ0) is 12.4. The van der Waals surface area contributed by atoms with Crippen LogP contribution in [0.2, 0.25) is 0 Å². The first-order valence-corrected chi connectivity index (χ1v) is 5.08. The van der Waals surface area contributed by atoms with Gasteiger partial charge in [0.1, 0.15) is 5.69 Å². The van der Waals surface area contributed by atoms with Gasteiger partial charge in [-0.25, -0.2) is 0 Å². The molecule has 1 aromatic heterocycles. The molecule has 0 amide bonds. The lowest BCUT2D eigenvalue weighted by Gasteiger charge is -2.07. The van der Waals surface area contributed by atoms with Crippen LogP contribution in [0.3, 0.4) is 0 Å². The molecule has 0 fully saturated rings. The highest BCUT2D eigenvalue weighted by Gasteiger charge is 2.16. The Kier molecular flexibility index (Phi) is 2.78. The number of rotatable bonds is 2. The molecule has 4 nitrogen and oxygen atoms in total. The summed E-state index contributed by atoms with van der Waals surface area (Å²) in [6.07, 6.45) is 1.53. The summed E-state index contributed by atoms with van der Waals surface area (Å²) >= 11 is 0. The van der Waals surface area contributed by atoms with E-state index in [4.69, 9.17) is 0 Å². The van der Waals surface area contributed by atoms with E-state index in [1.165, 1.54) is 18.3 Å². The zero-order valence-corrected chi connectivity index (χ0v) is 9.21. The third-order valence-corrected chi connectivity index (χ3v) is 2.55. The maximum Gasteiger partial charge on any atom is 0.211 e. The molecule has 2 N–H and O–H groups in total. The molecule has 0 bridgehead atoms. The van der Waals surface area contributed by atoms with E-state index in [9.17, 15) is 15.0 Å². The van der Waals surface area contributed by atoms with Crippen molar-refractivity contribution < 1.29 is 15.0 Å². The Bertz CT molecular complexity index is 564. The van der Waals surface area contributed by atoms with Crippen LogP contribution in [0.1, 0.15) is 21.6 Å². The maximum absolute atomic E-state index is 12.1. The summed E-state index contributed by atoms with van der Waals surface area (Å²) in [5.41, 5.74) is 0.986. The monoisotopic (exact) mass is 229 g/mol. The van der Waals surface area contributed by atoms with Crippen molar-refractivity contribution in [2.24, 2.45) is 0 Å². The molecule has 1 aromatic carbocycles. The highest BCUT2D eigenvalue weighted by Crippen LogP contribution is 2.31. The number of phenolic OH excluding ortho intramolecular Hbond substituents is 2. The van der Waals surface area contributed by atoms with Gasteiger partial charge in [0.25, 0.3) is 0 Å². The summed E-state index contributed by atoms with van der Waals surface area (Å²) in [6.45, 7) is 1.57. The van der Waals surface area contributed by atoms with E-state index in [0.717, 1.165) is 0 Å². The Balaban J connectivity index is 2.49. The van der Waals surface area contributed by atoms with Crippen molar-refractivity contribution in [3.05, 3.63) is 53.3 Å². The van der Waals surface area contributed by atoms with Crippen LogP contribution in [0.25, 0.3) is 0 Å².